The second-order valence-corrected chi connectivity index (χ2v) is 7.61. The maximum Gasteiger partial charge on any atom is 0.152 e. The number of rotatable bonds is 3. The first-order valence-electron chi connectivity index (χ1n) is 6.77. The Morgan fingerprint density at radius 2 is 2.14 bits per heavy atom. The second-order valence-electron chi connectivity index (χ2n) is 5.38. The van der Waals surface area contributed by atoms with E-state index in [0.717, 1.165) is 0 Å². The summed E-state index contributed by atoms with van der Waals surface area (Å²) in [6, 6.07) is 4.35. The zero-order chi connectivity index (χ0) is 15.9. The van der Waals surface area contributed by atoms with Gasteiger partial charge >= 0.3 is 0 Å². The average molecular weight is 320 g/mol. The van der Waals surface area contributed by atoms with E-state index in [1.54, 1.807) is 13.1 Å². The molecule has 1 fully saturated rings. The van der Waals surface area contributed by atoms with E-state index in [0.29, 0.717) is 23.1 Å². The fourth-order valence-corrected chi connectivity index (χ4v) is 4.48. The van der Waals surface area contributed by atoms with Crippen molar-refractivity contribution in [2.45, 2.75) is 12.5 Å². The largest absolute Gasteiger partial charge is 0.545 e. The summed E-state index contributed by atoms with van der Waals surface area (Å²) in [5.74, 6) is -0.388. The van der Waals surface area contributed by atoms with Crippen molar-refractivity contribution >= 4 is 32.5 Å². The Morgan fingerprint density at radius 1 is 1.36 bits per heavy atom. The van der Waals surface area contributed by atoms with Crippen molar-refractivity contribution in [3.8, 4) is 0 Å². The molecule has 0 saturated carbocycles. The first kappa shape index (κ1) is 14.7. The van der Waals surface area contributed by atoms with E-state index in [2.05, 4.69) is 9.97 Å². The zero-order valence-electron chi connectivity index (χ0n) is 11.9. The minimum absolute atomic E-state index is 0.0447. The summed E-state index contributed by atoms with van der Waals surface area (Å²) >= 11 is 0. The van der Waals surface area contributed by atoms with Gasteiger partial charge in [0.1, 0.15) is 12.1 Å². The molecule has 2 heterocycles. The molecule has 1 aliphatic heterocycles. The molecule has 0 bridgehead atoms. The lowest BCUT2D eigenvalue weighted by atomic mass is 10.1. The molecule has 1 aromatic heterocycles. The van der Waals surface area contributed by atoms with Crippen LogP contribution in [0.4, 0.5) is 5.82 Å². The Morgan fingerprint density at radius 3 is 2.77 bits per heavy atom. The van der Waals surface area contributed by atoms with E-state index >= 15 is 0 Å². The third-order valence-corrected chi connectivity index (χ3v) is 5.69. The highest BCUT2D eigenvalue weighted by molar-refractivity contribution is 7.91. The van der Waals surface area contributed by atoms with Gasteiger partial charge in [0.05, 0.1) is 23.0 Å². The van der Waals surface area contributed by atoms with Crippen LogP contribution in [0.2, 0.25) is 0 Å². The lowest BCUT2D eigenvalue weighted by Gasteiger charge is -2.25. The molecule has 1 aromatic carbocycles. The van der Waals surface area contributed by atoms with Gasteiger partial charge < -0.3 is 14.8 Å². The first-order chi connectivity index (χ1) is 10.4. The van der Waals surface area contributed by atoms with Crippen molar-refractivity contribution in [2.24, 2.45) is 0 Å². The molecule has 0 aliphatic carbocycles. The lowest BCUT2D eigenvalue weighted by molar-refractivity contribution is -0.255. The Bertz CT molecular complexity index is 850. The highest BCUT2D eigenvalue weighted by Gasteiger charge is 2.31. The van der Waals surface area contributed by atoms with Gasteiger partial charge in [-0.3, -0.25) is 0 Å². The summed E-state index contributed by atoms with van der Waals surface area (Å²) in [6.07, 6.45) is 1.90. The Hall–Kier alpha value is -2.22. The van der Waals surface area contributed by atoms with Crippen molar-refractivity contribution < 1.29 is 18.3 Å². The SMILES string of the molecule is CN(c1ncnc2cc(C(=O)[O-])ccc12)[C@@H]1CCS(=O)(=O)C1. The zero-order valence-corrected chi connectivity index (χ0v) is 12.7. The summed E-state index contributed by atoms with van der Waals surface area (Å²) in [5, 5.41) is 11.6. The molecule has 2 aromatic rings. The van der Waals surface area contributed by atoms with Crippen molar-refractivity contribution in [3.63, 3.8) is 0 Å². The third-order valence-electron chi connectivity index (χ3n) is 3.94. The van der Waals surface area contributed by atoms with E-state index in [1.807, 2.05) is 4.90 Å². The monoisotopic (exact) mass is 320 g/mol. The van der Waals surface area contributed by atoms with E-state index in [9.17, 15) is 18.3 Å². The number of aromatic nitrogens is 2. The van der Waals surface area contributed by atoms with E-state index in [-0.39, 0.29) is 23.1 Å². The molecule has 1 atom stereocenters. The minimum Gasteiger partial charge on any atom is -0.545 e. The normalized spacial score (nSPS) is 20.1. The molecule has 116 valence electrons. The van der Waals surface area contributed by atoms with Crippen LogP contribution in [0.5, 0.6) is 0 Å². The van der Waals surface area contributed by atoms with E-state index < -0.39 is 15.8 Å². The van der Waals surface area contributed by atoms with Gasteiger partial charge in [-0.15, -0.1) is 0 Å². The van der Waals surface area contributed by atoms with Gasteiger partial charge in [-0.2, -0.15) is 0 Å². The van der Waals surface area contributed by atoms with Crippen LogP contribution < -0.4 is 10.0 Å². The number of fused-ring (bicyclic) bond motifs is 1. The van der Waals surface area contributed by atoms with Crippen LogP contribution in [0.3, 0.4) is 0 Å². The van der Waals surface area contributed by atoms with Crippen molar-refractivity contribution in [1.82, 2.24) is 9.97 Å². The van der Waals surface area contributed by atoms with Gasteiger partial charge in [-0.25, -0.2) is 18.4 Å². The van der Waals surface area contributed by atoms with Gasteiger partial charge in [-0.1, -0.05) is 6.07 Å². The van der Waals surface area contributed by atoms with Crippen LogP contribution in [-0.4, -0.2) is 49.0 Å². The van der Waals surface area contributed by atoms with E-state index in [4.69, 9.17) is 0 Å². The molecule has 1 aliphatic rings. The van der Waals surface area contributed by atoms with Crippen molar-refractivity contribution in [2.75, 3.05) is 23.5 Å². The predicted octanol–water partition coefficient (Wildman–Crippen LogP) is -0.383. The number of carboxylic acid groups (broad SMARTS) is 1. The molecule has 0 N–H and O–H groups in total. The maximum atomic E-state index is 11.6. The molecule has 0 spiro atoms. The van der Waals surface area contributed by atoms with Gasteiger partial charge in [0.25, 0.3) is 0 Å². The van der Waals surface area contributed by atoms with Crippen LogP contribution >= 0.6 is 0 Å². The van der Waals surface area contributed by atoms with E-state index in [1.165, 1.54) is 18.5 Å². The molecule has 1 saturated heterocycles. The van der Waals surface area contributed by atoms with Crippen LogP contribution in [-0.2, 0) is 9.84 Å². The predicted molar refractivity (Wildman–Crippen MR) is 79.3 cm³/mol. The number of hydrogen-bond acceptors (Lipinski definition) is 7. The quantitative estimate of drug-likeness (QED) is 0.759. The number of sulfone groups is 1. The van der Waals surface area contributed by atoms with Crippen LogP contribution in [0.1, 0.15) is 16.8 Å². The van der Waals surface area contributed by atoms with Gasteiger partial charge in [0.2, 0.25) is 0 Å². The fraction of sp³-hybridized carbons (Fsp3) is 0.357. The van der Waals surface area contributed by atoms with Gasteiger partial charge in [0.15, 0.2) is 9.84 Å². The molecule has 3 rings (SSSR count). The average Bonchev–Trinajstić information content (AvgIpc) is 2.85. The number of nitrogens with zero attached hydrogens (tertiary/aromatic N) is 3. The summed E-state index contributed by atoms with van der Waals surface area (Å²) in [6.45, 7) is 0. The summed E-state index contributed by atoms with van der Waals surface area (Å²) in [5.41, 5.74) is 0.530. The van der Waals surface area contributed by atoms with Crippen LogP contribution in [0.15, 0.2) is 24.5 Å². The number of hydrogen-bond donors (Lipinski definition) is 0. The number of carboxylic acids is 1. The Kier molecular flexibility index (Phi) is 3.48. The number of benzene rings is 1. The molecule has 0 unspecified atom stereocenters. The summed E-state index contributed by atoms with van der Waals surface area (Å²) in [7, 11) is -1.20. The van der Waals surface area contributed by atoms with Crippen molar-refractivity contribution in [3.05, 3.63) is 30.1 Å². The minimum atomic E-state index is -2.99. The van der Waals surface area contributed by atoms with Gasteiger partial charge in [-0.05, 0) is 24.1 Å². The molecule has 0 radical (unpaired) electrons. The Labute approximate surface area is 127 Å². The lowest BCUT2D eigenvalue weighted by Crippen LogP contribution is -2.33. The number of aromatic carboxylic acids is 1. The van der Waals surface area contributed by atoms with Gasteiger partial charge in [0, 0.05) is 18.5 Å². The summed E-state index contributed by atoms with van der Waals surface area (Å²) in [4.78, 5) is 21.0. The topological polar surface area (TPSA) is 103 Å². The summed E-state index contributed by atoms with van der Waals surface area (Å²) < 4.78 is 23.3. The number of anilines is 1. The molecule has 0 amide bonds. The molecule has 7 nitrogen and oxygen atoms in total. The third kappa shape index (κ3) is 2.61. The second kappa shape index (κ2) is 5.20. The highest BCUT2D eigenvalue weighted by atomic mass is 32.2. The fourth-order valence-electron chi connectivity index (χ4n) is 2.70. The van der Waals surface area contributed by atoms with Crippen molar-refractivity contribution in [1.29, 1.82) is 0 Å². The maximum absolute atomic E-state index is 11.6. The molecular weight excluding hydrogens is 306 g/mol. The molecule has 8 heteroatoms. The Balaban J connectivity index is 2.02. The molecular formula is C14H14N3O4S-. The number of carbonyl (C=O) groups excluding carboxylic acids is 1. The number of carbonyl (C=O) groups is 1. The van der Waals surface area contributed by atoms with Crippen LogP contribution in [0.25, 0.3) is 10.9 Å². The van der Waals surface area contributed by atoms with Crippen LogP contribution in [0, 0.1) is 0 Å². The smallest absolute Gasteiger partial charge is 0.152 e. The highest BCUT2D eigenvalue weighted by Crippen LogP contribution is 2.27. The standard InChI is InChI=1S/C14H15N3O4S/c1-17(10-4-5-22(20,21)7-10)13-11-3-2-9(14(18)19)6-12(11)15-8-16-13/h2-3,6,8,10H,4-5,7H2,1H3,(H,18,19)/p-1/t10-/m1/s1. The first-order valence-corrected chi connectivity index (χ1v) is 8.59. The molecule has 22 heavy (non-hydrogen) atoms.